The Morgan fingerprint density at radius 3 is 2.69 bits per heavy atom. The molecule has 0 aliphatic carbocycles. The lowest BCUT2D eigenvalue weighted by Gasteiger charge is -2.24. The zero-order valence-corrected chi connectivity index (χ0v) is 13.8. The largest absolute Gasteiger partial charge is 0.394 e. The van der Waals surface area contributed by atoms with Gasteiger partial charge in [0.05, 0.1) is 19.8 Å². The number of benzene rings is 1. The number of nitrogen functional groups attached to an aromatic ring is 1. The Bertz CT molecular complexity index is 800. The summed E-state index contributed by atoms with van der Waals surface area (Å²) in [6.45, 7) is -1.10. The third kappa shape index (κ3) is 3.74. The predicted octanol–water partition coefficient (Wildman–Crippen LogP) is 0.806. The summed E-state index contributed by atoms with van der Waals surface area (Å²) in [5.74, 6) is -3.40. The highest BCUT2D eigenvalue weighted by Gasteiger charge is 2.59. The predicted molar refractivity (Wildman–Crippen MR) is 88.6 cm³/mol. The van der Waals surface area contributed by atoms with Gasteiger partial charge in [-0.2, -0.15) is 4.98 Å². The minimum Gasteiger partial charge on any atom is -0.394 e. The molecule has 3 rings (SSSR count). The first-order chi connectivity index (χ1) is 12.4. The van der Waals surface area contributed by atoms with E-state index in [1.807, 2.05) is 6.07 Å². The monoisotopic (exact) mass is 367 g/mol. The van der Waals surface area contributed by atoms with E-state index in [4.69, 9.17) is 15.2 Å². The number of hydrogen-bond donors (Lipinski definition) is 2. The van der Waals surface area contributed by atoms with Gasteiger partial charge in [0, 0.05) is 6.20 Å². The summed E-state index contributed by atoms with van der Waals surface area (Å²) in [5, 5.41) is 9.40. The number of anilines is 1. The summed E-state index contributed by atoms with van der Waals surface area (Å²) in [6.07, 6.45) is -3.19. The molecule has 9 heteroatoms. The van der Waals surface area contributed by atoms with E-state index >= 15 is 0 Å². The minimum atomic E-state index is -3.40. The zero-order chi connectivity index (χ0) is 18.7. The highest BCUT2D eigenvalue weighted by atomic mass is 19.3. The maximum atomic E-state index is 14.8. The van der Waals surface area contributed by atoms with Crippen LogP contribution >= 0.6 is 0 Å². The Labute approximate surface area is 148 Å². The first-order valence-electron chi connectivity index (χ1n) is 8.04. The minimum absolute atomic E-state index is 0.00246. The van der Waals surface area contributed by atoms with Crippen LogP contribution in [0.25, 0.3) is 0 Å². The molecule has 0 bridgehead atoms. The lowest BCUT2D eigenvalue weighted by Crippen LogP contribution is -2.44. The van der Waals surface area contributed by atoms with Crippen LogP contribution in [0, 0.1) is 0 Å². The van der Waals surface area contributed by atoms with Crippen LogP contribution < -0.4 is 11.4 Å². The molecule has 1 aliphatic heterocycles. The molecule has 2 aromatic rings. The average molecular weight is 367 g/mol. The zero-order valence-electron chi connectivity index (χ0n) is 13.8. The SMILES string of the molecule is Nc1ccn(CC2O[C@H](CO)[C@@H](OCc3ccccc3)C2(F)F)c(=O)n1. The van der Waals surface area contributed by atoms with Gasteiger partial charge in [0.25, 0.3) is 0 Å². The Morgan fingerprint density at radius 1 is 1.31 bits per heavy atom. The molecule has 0 saturated carbocycles. The normalized spacial score (nSPS) is 24.7. The Kier molecular flexibility index (Phi) is 5.30. The molecule has 140 valence electrons. The van der Waals surface area contributed by atoms with E-state index in [9.17, 15) is 18.7 Å². The molecule has 1 fully saturated rings. The Morgan fingerprint density at radius 2 is 2.04 bits per heavy atom. The van der Waals surface area contributed by atoms with Gasteiger partial charge in [-0.1, -0.05) is 30.3 Å². The second-order valence-corrected chi connectivity index (χ2v) is 6.02. The number of halogens is 2. The molecule has 2 heterocycles. The molecule has 1 aliphatic rings. The fourth-order valence-electron chi connectivity index (χ4n) is 2.85. The molecule has 0 amide bonds. The van der Waals surface area contributed by atoms with Crippen molar-refractivity contribution in [2.45, 2.75) is 37.4 Å². The molecular weight excluding hydrogens is 348 g/mol. The molecule has 3 atom stereocenters. The van der Waals surface area contributed by atoms with Crippen molar-refractivity contribution in [3.05, 3.63) is 58.6 Å². The van der Waals surface area contributed by atoms with Crippen LogP contribution in [0.5, 0.6) is 0 Å². The molecular formula is C17H19F2N3O4. The van der Waals surface area contributed by atoms with Gasteiger partial charge in [-0.3, -0.25) is 4.57 Å². The van der Waals surface area contributed by atoms with E-state index in [2.05, 4.69) is 4.98 Å². The molecule has 1 aromatic carbocycles. The van der Waals surface area contributed by atoms with Gasteiger partial charge in [0.1, 0.15) is 18.0 Å². The second kappa shape index (κ2) is 7.48. The van der Waals surface area contributed by atoms with E-state index in [0.717, 1.165) is 10.1 Å². The van der Waals surface area contributed by atoms with Crippen molar-refractivity contribution in [3.63, 3.8) is 0 Å². The van der Waals surface area contributed by atoms with Crippen molar-refractivity contribution in [1.29, 1.82) is 0 Å². The number of aliphatic hydroxyl groups is 1. The summed E-state index contributed by atoms with van der Waals surface area (Å²) < 4.78 is 41.2. The molecule has 7 nitrogen and oxygen atoms in total. The number of nitrogens with two attached hydrogens (primary N) is 1. The van der Waals surface area contributed by atoms with Crippen molar-refractivity contribution in [3.8, 4) is 0 Å². The lowest BCUT2D eigenvalue weighted by atomic mass is 10.1. The molecule has 0 spiro atoms. The van der Waals surface area contributed by atoms with Gasteiger partial charge in [0.2, 0.25) is 0 Å². The first-order valence-corrected chi connectivity index (χ1v) is 8.04. The van der Waals surface area contributed by atoms with Crippen LogP contribution in [0.15, 0.2) is 47.4 Å². The highest BCUT2D eigenvalue weighted by Crippen LogP contribution is 2.39. The number of ether oxygens (including phenoxy) is 2. The number of aliphatic hydroxyl groups excluding tert-OH is 1. The second-order valence-electron chi connectivity index (χ2n) is 6.02. The van der Waals surface area contributed by atoms with Gasteiger partial charge in [-0.15, -0.1) is 0 Å². The van der Waals surface area contributed by atoms with Crippen LogP contribution in [0.3, 0.4) is 0 Å². The van der Waals surface area contributed by atoms with E-state index in [-0.39, 0.29) is 12.4 Å². The van der Waals surface area contributed by atoms with Gasteiger partial charge in [-0.25, -0.2) is 13.6 Å². The van der Waals surface area contributed by atoms with Gasteiger partial charge < -0.3 is 20.3 Å². The van der Waals surface area contributed by atoms with Gasteiger partial charge in [0.15, 0.2) is 6.10 Å². The van der Waals surface area contributed by atoms with Crippen LogP contribution in [0.2, 0.25) is 0 Å². The number of aromatic nitrogens is 2. The Hall–Kier alpha value is -2.36. The highest BCUT2D eigenvalue weighted by molar-refractivity contribution is 5.23. The van der Waals surface area contributed by atoms with E-state index < -0.39 is 43.1 Å². The fourth-order valence-corrected chi connectivity index (χ4v) is 2.85. The van der Waals surface area contributed by atoms with Crippen LogP contribution in [-0.2, 0) is 22.6 Å². The third-order valence-electron chi connectivity index (χ3n) is 4.20. The van der Waals surface area contributed by atoms with Crippen molar-refractivity contribution < 1.29 is 23.4 Å². The van der Waals surface area contributed by atoms with Crippen LogP contribution in [0.4, 0.5) is 14.6 Å². The molecule has 1 saturated heterocycles. The van der Waals surface area contributed by atoms with E-state index in [0.29, 0.717) is 0 Å². The summed E-state index contributed by atoms with van der Waals surface area (Å²) in [6, 6.07) is 10.2. The molecule has 0 radical (unpaired) electrons. The number of alkyl halides is 2. The molecule has 1 unspecified atom stereocenters. The van der Waals surface area contributed by atoms with Crippen LogP contribution in [-0.4, -0.2) is 45.5 Å². The smallest absolute Gasteiger partial charge is 0.349 e. The summed E-state index contributed by atoms with van der Waals surface area (Å²) in [7, 11) is 0. The van der Waals surface area contributed by atoms with Crippen molar-refractivity contribution in [2.75, 3.05) is 12.3 Å². The van der Waals surface area contributed by atoms with Gasteiger partial charge in [-0.05, 0) is 11.6 Å². The van der Waals surface area contributed by atoms with E-state index in [1.54, 1.807) is 24.3 Å². The number of nitrogens with zero attached hydrogens (tertiary/aromatic N) is 2. The fraction of sp³-hybridized carbons (Fsp3) is 0.412. The summed E-state index contributed by atoms with van der Waals surface area (Å²) in [4.78, 5) is 15.3. The third-order valence-corrected chi connectivity index (χ3v) is 4.20. The van der Waals surface area contributed by atoms with Crippen molar-refractivity contribution >= 4 is 5.82 Å². The maximum absolute atomic E-state index is 14.8. The molecule has 3 N–H and O–H groups in total. The van der Waals surface area contributed by atoms with E-state index in [1.165, 1.54) is 12.3 Å². The van der Waals surface area contributed by atoms with Crippen molar-refractivity contribution in [2.24, 2.45) is 0 Å². The average Bonchev–Trinajstić information content (AvgIpc) is 2.86. The number of rotatable bonds is 6. The topological polar surface area (TPSA) is 99.6 Å². The summed E-state index contributed by atoms with van der Waals surface area (Å²) >= 11 is 0. The molecule has 1 aromatic heterocycles. The first kappa shape index (κ1) is 18.4. The Balaban J connectivity index is 1.75. The lowest BCUT2D eigenvalue weighted by molar-refractivity contribution is -0.141. The number of hydrogen-bond acceptors (Lipinski definition) is 6. The van der Waals surface area contributed by atoms with Crippen LogP contribution in [0.1, 0.15) is 5.56 Å². The van der Waals surface area contributed by atoms with Crippen molar-refractivity contribution in [1.82, 2.24) is 9.55 Å². The maximum Gasteiger partial charge on any atom is 0.349 e. The standard InChI is InChI=1S/C17H19F2N3O4/c18-17(19)13(8-22-7-6-14(20)21-16(22)24)26-12(9-23)15(17)25-10-11-4-2-1-3-5-11/h1-7,12-13,15,23H,8-10H2,(H2,20,21,24)/t12-,13?,15-/m1/s1. The summed E-state index contributed by atoms with van der Waals surface area (Å²) in [5.41, 5.74) is 5.37. The quantitative estimate of drug-likeness (QED) is 0.784. The van der Waals surface area contributed by atoms with Gasteiger partial charge >= 0.3 is 11.6 Å². The molecule has 26 heavy (non-hydrogen) atoms.